The lowest BCUT2D eigenvalue weighted by molar-refractivity contribution is -0.128. The number of carbonyl (C=O) groups is 1. The van der Waals surface area contributed by atoms with Crippen LogP contribution in [0.1, 0.15) is 30.4 Å². The molecule has 6 nitrogen and oxygen atoms in total. The van der Waals surface area contributed by atoms with Crippen molar-refractivity contribution in [3.8, 4) is 17.1 Å². The van der Waals surface area contributed by atoms with Gasteiger partial charge in [0.25, 0.3) is 5.91 Å². The summed E-state index contributed by atoms with van der Waals surface area (Å²) in [6, 6.07) is 15.4. The van der Waals surface area contributed by atoms with E-state index in [-0.39, 0.29) is 12.5 Å². The number of rotatable bonds is 7. The second-order valence-corrected chi connectivity index (χ2v) is 6.31. The molecule has 0 fully saturated rings. The number of benzene rings is 2. The summed E-state index contributed by atoms with van der Waals surface area (Å²) >= 11 is 0. The monoisotopic (exact) mass is 365 g/mol. The zero-order chi connectivity index (χ0) is 19.2. The standard InChI is InChI=1S/C21H23N3O3/c1-4-17(26-18-12-8-9-14(2)15(18)3)21(25)22-13-19-23-20(24-27-19)16-10-6-5-7-11-16/h5-12,17H,4,13H2,1-3H3,(H,22,25)/t17-/m1/s1. The van der Waals surface area contributed by atoms with E-state index in [4.69, 9.17) is 9.26 Å². The van der Waals surface area contributed by atoms with Gasteiger partial charge in [0, 0.05) is 5.56 Å². The second kappa shape index (κ2) is 8.49. The molecule has 0 saturated carbocycles. The van der Waals surface area contributed by atoms with Gasteiger partial charge in [0.1, 0.15) is 5.75 Å². The minimum Gasteiger partial charge on any atom is -0.480 e. The van der Waals surface area contributed by atoms with E-state index in [1.54, 1.807) is 0 Å². The molecule has 2 aromatic carbocycles. The van der Waals surface area contributed by atoms with E-state index in [1.807, 2.05) is 69.3 Å². The first-order chi connectivity index (χ1) is 13.1. The highest BCUT2D eigenvalue weighted by Gasteiger charge is 2.20. The molecule has 27 heavy (non-hydrogen) atoms. The Morgan fingerprint density at radius 3 is 2.67 bits per heavy atom. The Morgan fingerprint density at radius 1 is 1.15 bits per heavy atom. The molecule has 140 valence electrons. The van der Waals surface area contributed by atoms with Crippen molar-refractivity contribution in [2.24, 2.45) is 0 Å². The van der Waals surface area contributed by atoms with Gasteiger partial charge >= 0.3 is 0 Å². The molecule has 0 aliphatic heterocycles. The van der Waals surface area contributed by atoms with E-state index in [9.17, 15) is 4.79 Å². The Balaban J connectivity index is 1.61. The molecule has 1 aromatic heterocycles. The number of hydrogen-bond donors (Lipinski definition) is 1. The first-order valence-electron chi connectivity index (χ1n) is 8.97. The predicted octanol–water partition coefficient (Wildman–Crippen LogP) is 3.83. The Kier molecular flexibility index (Phi) is 5.86. The number of nitrogens with one attached hydrogen (secondary N) is 1. The Hall–Kier alpha value is -3.15. The number of aryl methyl sites for hydroxylation is 1. The minimum absolute atomic E-state index is 0.158. The van der Waals surface area contributed by atoms with Gasteiger partial charge < -0.3 is 14.6 Å². The maximum Gasteiger partial charge on any atom is 0.261 e. The lowest BCUT2D eigenvalue weighted by Crippen LogP contribution is -2.37. The molecule has 0 bridgehead atoms. The van der Waals surface area contributed by atoms with Gasteiger partial charge in [-0.2, -0.15) is 4.98 Å². The van der Waals surface area contributed by atoms with E-state index in [0.29, 0.717) is 18.1 Å². The van der Waals surface area contributed by atoms with E-state index < -0.39 is 6.10 Å². The molecule has 0 aliphatic carbocycles. The number of amides is 1. The number of ether oxygens (including phenoxy) is 1. The van der Waals surface area contributed by atoms with E-state index in [0.717, 1.165) is 22.4 Å². The second-order valence-electron chi connectivity index (χ2n) is 6.31. The van der Waals surface area contributed by atoms with Crippen LogP contribution in [0.5, 0.6) is 5.75 Å². The normalized spacial score (nSPS) is 11.8. The molecule has 3 rings (SSSR count). The van der Waals surface area contributed by atoms with Gasteiger partial charge in [-0.15, -0.1) is 0 Å². The van der Waals surface area contributed by atoms with Crippen molar-refractivity contribution >= 4 is 5.91 Å². The molecule has 0 aliphatic rings. The molecule has 1 amide bonds. The van der Waals surface area contributed by atoms with Crippen molar-refractivity contribution in [1.29, 1.82) is 0 Å². The molecule has 3 aromatic rings. The van der Waals surface area contributed by atoms with Gasteiger partial charge in [-0.25, -0.2) is 0 Å². The SMILES string of the molecule is CC[C@@H](Oc1cccc(C)c1C)C(=O)NCc1nc(-c2ccccc2)no1. The largest absolute Gasteiger partial charge is 0.480 e. The lowest BCUT2D eigenvalue weighted by Gasteiger charge is -2.18. The minimum atomic E-state index is -0.581. The van der Waals surface area contributed by atoms with Crippen LogP contribution in [0.3, 0.4) is 0 Å². The Bertz CT molecular complexity index is 906. The predicted molar refractivity (Wildman–Crippen MR) is 102 cm³/mol. The molecule has 6 heteroatoms. The fourth-order valence-corrected chi connectivity index (χ4v) is 2.64. The maximum absolute atomic E-state index is 12.5. The third-order valence-corrected chi connectivity index (χ3v) is 4.40. The fraction of sp³-hybridized carbons (Fsp3) is 0.286. The topological polar surface area (TPSA) is 77.2 Å². The number of hydrogen-bond acceptors (Lipinski definition) is 5. The molecular formula is C21H23N3O3. The molecule has 0 spiro atoms. The van der Waals surface area contributed by atoms with E-state index >= 15 is 0 Å². The highest BCUT2D eigenvalue weighted by Crippen LogP contribution is 2.22. The van der Waals surface area contributed by atoms with Crippen LogP contribution in [0.2, 0.25) is 0 Å². The smallest absolute Gasteiger partial charge is 0.261 e. The molecule has 0 unspecified atom stereocenters. The quantitative estimate of drug-likeness (QED) is 0.688. The third kappa shape index (κ3) is 4.53. The zero-order valence-corrected chi connectivity index (χ0v) is 15.7. The highest BCUT2D eigenvalue weighted by molar-refractivity contribution is 5.81. The van der Waals surface area contributed by atoms with Crippen molar-refractivity contribution in [1.82, 2.24) is 15.5 Å². The fourth-order valence-electron chi connectivity index (χ4n) is 2.64. The Labute approximate surface area is 158 Å². The molecule has 1 N–H and O–H groups in total. The number of aromatic nitrogens is 2. The van der Waals surface area contributed by atoms with Crippen molar-refractivity contribution in [3.63, 3.8) is 0 Å². The third-order valence-electron chi connectivity index (χ3n) is 4.40. The first-order valence-corrected chi connectivity index (χ1v) is 8.97. The summed E-state index contributed by atoms with van der Waals surface area (Å²) < 4.78 is 11.1. The maximum atomic E-state index is 12.5. The van der Waals surface area contributed by atoms with Crippen molar-refractivity contribution in [2.75, 3.05) is 0 Å². The number of carbonyl (C=O) groups excluding carboxylic acids is 1. The summed E-state index contributed by atoms with van der Waals surface area (Å²) in [6.45, 7) is 6.07. The van der Waals surface area contributed by atoms with Crippen LogP contribution in [-0.2, 0) is 11.3 Å². The summed E-state index contributed by atoms with van der Waals surface area (Å²) in [7, 11) is 0. The summed E-state index contributed by atoms with van der Waals surface area (Å²) in [5.74, 6) is 1.36. The van der Waals surface area contributed by atoms with Crippen LogP contribution in [0.25, 0.3) is 11.4 Å². The van der Waals surface area contributed by atoms with Crippen LogP contribution >= 0.6 is 0 Å². The first kappa shape index (κ1) is 18.6. The number of nitrogens with zero attached hydrogens (tertiary/aromatic N) is 2. The van der Waals surface area contributed by atoms with Crippen LogP contribution in [0.4, 0.5) is 0 Å². The van der Waals surface area contributed by atoms with Gasteiger partial charge in [0.2, 0.25) is 11.7 Å². The van der Waals surface area contributed by atoms with E-state index in [1.165, 1.54) is 0 Å². The molecule has 0 saturated heterocycles. The van der Waals surface area contributed by atoms with Crippen molar-refractivity contribution in [3.05, 3.63) is 65.5 Å². The van der Waals surface area contributed by atoms with Gasteiger partial charge in [0.05, 0.1) is 6.54 Å². The molecule has 1 atom stereocenters. The Morgan fingerprint density at radius 2 is 1.93 bits per heavy atom. The molecular weight excluding hydrogens is 342 g/mol. The summed E-state index contributed by atoms with van der Waals surface area (Å²) in [4.78, 5) is 16.8. The van der Waals surface area contributed by atoms with Crippen molar-refractivity contribution in [2.45, 2.75) is 39.8 Å². The summed E-state index contributed by atoms with van der Waals surface area (Å²) in [6.07, 6.45) is -0.0276. The molecule has 1 heterocycles. The van der Waals surface area contributed by atoms with Gasteiger partial charge in [0.15, 0.2) is 6.10 Å². The van der Waals surface area contributed by atoms with E-state index in [2.05, 4.69) is 15.5 Å². The van der Waals surface area contributed by atoms with Gasteiger partial charge in [-0.05, 0) is 37.5 Å². The molecule has 0 radical (unpaired) electrons. The highest BCUT2D eigenvalue weighted by atomic mass is 16.5. The summed E-state index contributed by atoms with van der Waals surface area (Å²) in [5.41, 5.74) is 3.03. The van der Waals surface area contributed by atoms with Gasteiger partial charge in [-0.3, -0.25) is 4.79 Å². The summed E-state index contributed by atoms with van der Waals surface area (Å²) in [5, 5.41) is 6.76. The average molecular weight is 365 g/mol. The van der Waals surface area contributed by atoms with Crippen LogP contribution in [0, 0.1) is 13.8 Å². The average Bonchev–Trinajstić information content (AvgIpc) is 3.17. The zero-order valence-electron chi connectivity index (χ0n) is 15.7. The van der Waals surface area contributed by atoms with Gasteiger partial charge in [-0.1, -0.05) is 54.5 Å². The van der Waals surface area contributed by atoms with Crippen molar-refractivity contribution < 1.29 is 14.1 Å². The van der Waals surface area contributed by atoms with Crippen LogP contribution in [0.15, 0.2) is 53.1 Å². The van der Waals surface area contributed by atoms with Crippen LogP contribution < -0.4 is 10.1 Å². The lowest BCUT2D eigenvalue weighted by atomic mass is 10.1. The van der Waals surface area contributed by atoms with Crippen LogP contribution in [-0.4, -0.2) is 22.2 Å².